The summed E-state index contributed by atoms with van der Waals surface area (Å²) in [7, 11) is 0. The van der Waals surface area contributed by atoms with Crippen LogP contribution in [0.25, 0.3) is 0 Å². The Hall–Kier alpha value is -1.74. The molecule has 28 heavy (non-hydrogen) atoms. The van der Waals surface area contributed by atoms with Crippen LogP contribution in [0.1, 0.15) is 40.5 Å². The van der Waals surface area contributed by atoms with Crippen molar-refractivity contribution in [2.24, 2.45) is 11.8 Å². The minimum absolute atomic E-state index is 0.0203. The second kappa shape index (κ2) is 6.95. The van der Waals surface area contributed by atoms with Gasteiger partial charge in [0.1, 0.15) is 11.7 Å². The smallest absolute Gasteiger partial charge is 0.334 e. The molecule has 3 N–H and O–H groups in total. The molecule has 8 heteroatoms. The van der Waals surface area contributed by atoms with Gasteiger partial charge in [-0.25, -0.2) is 9.59 Å². The fourth-order valence-electron chi connectivity index (χ4n) is 4.42. The van der Waals surface area contributed by atoms with E-state index < -0.39 is 59.6 Å². The fourth-order valence-corrected chi connectivity index (χ4v) is 4.42. The molecule has 0 aromatic heterocycles. The molecule has 2 bridgehead atoms. The van der Waals surface area contributed by atoms with E-state index in [9.17, 15) is 24.9 Å². The van der Waals surface area contributed by atoms with Crippen molar-refractivity contribution in [2.75, 3.05) is 0 Å². The minimum atomic E-state index is -1.93. The summed E-state index contributed by atoms with van der Waals surface area (Å²) in [5.74, 6) is -4.94. The highest BCUT2D eigenvalue weighted by molar-refractivity contribution is 5.91. The molecule has 156 valence electrons. The zero-order chi connectivity index (χ0) is 21.0. The maximum Gasteiger partial charge on any atom is 0.334 e. The van der Waals surface area contributed by atoms with Gasteiger partial charge in [0, 0.05) is 23.5 Å². The van der Waals surface area contributed by atoms with Crippen molar-refractivity contribution >= 4 is 11.9 Å². The topological polar surface area (TPSA) is 123 Å². The van der Waals surface area contributed by atoms with E-state index in [1.54, 1.807) is 26.8 Å². The maximum atomic E-state index is 12.4. The van der Waals surface area contributed by atoms with E-state index in [1.165, 1.54) is 6.92 Å². The Balaban J connectivity index is 2.08. The number of allylic oxidation sites excluding steroid dienone is 1. The predicted octanol–water partition coefficient (Wildman–Crippen LogP) is 0.591. The Morgan fingerprint density at radius 3 is 2.64 bits per heavy atom. The highest BCUT2D eigenvalue weighted by Crippen LogP contribution is 2.48. The van der Waals surface area contributed by atoms with Crippen molar-refractivity contribution in [3.63, 3.8) is 0 Å². The molecule has 8 atom stereocenters. The van der Waals surface area contributed by atoms with Crippen LogP contribution in [0.2, 0.25) is 0 Å². The van der Waals surface area contributed by atoms with Gasteiger partial charge in [-0.3, -0.25) is 0 Å². The summed E-state index contributed by atoms with van der Waals surface area (Å²) in [4.78, 5) is 24.6. The van der Waals surface area contributed by atoms with Crippen molar-refractivity contribution < 1.29 is 39.1 Å². The van der Waals surface area contributed by atoms with Gasteiger partial charge in [-0.15, -0.1) is 0 Å². The van der Waals surface area contributed by atoms with Crippen LogP contribution in [-0.2, 0) is 23.8 Å². The first-order valence-electron chi connectivity index (χ1n) is 9.46. The van der Waals surface area contributed by atoms with E-state index >= 15 is 0 Å². The second-order valence-electron chi connectivity index (χ2n) is 8.35. The Bertz CT molecular complexity index is 726. The van der Waals surface area contributed by atoms with Crippen LogP contribution in [0.4, 0.5) is 0 Å². The highest BCUT2D eigenvalue weighted by Gasteiger charge is 2.63. The number of ether oxygens (including phenoxy) is 3. The van der Waals surface area contributed by atoms with Crippen molar-refractivity contribution in [2.45, 2.75) is 76.3 Å². The van der Waals surface area contributed by atoms with Gasteiger partial charge in [-0.05, 0) is 27.2 Å². The molecule has 8 nitrogen and oxygen atoms in total. The highest BCUT2D eigenvalue weighted by atomic mass is 16.7. The van der Waals surface area contributed by atoms with Gasteiger partial charge in [0.2, 0.25) is 0 Å². The van der Waals surface area contributed by atoms with Gasteiger partial charge in [-0.1, -0.05) is 19.6 Å². The van der Waals surface area contributed by atoms with Gasteiger partial charge in [0.05, 0.1) is 12.0 Å². The molecular formula is C20H28O8. The number of esters is 2. The quantitative estimate of drug-likeness (QED) is 0.458. The van der Waals surface area contributed by atoms with E-state index in [0.717, 1.165) is 0 Å². The molecule has 0 aliphatic carbocycles. The molecule has 0 spiro atoms. The van der Waals surface area contributed by atoms with Crippen molar-refractivity contribution in [3.05, 3.63) is 23.8 Å². The van der Waals surface area contributed by atoms with Crippen molar-refractivity contribution in [1.82, 2.24) is 0 Å². The molecule has 3 fully saturated rings. The van der Waals surface area contributed by atoms with Crippen molar-refractivity contribution in [3.8, 4) is 0 Å². The average Bonchev–Trinajstić information content (AvgIpc) is 3.06. The lowest BCUT2D eigenvalue weighted by Gasteiger charge is -2.39. The van der Waals surface area contributed by atoms with Crippen LogP contribution in [0, 0.1) is 11.8 Å². The first-order valence-corrected chi connectivity index (χ1v) is 9.46. The first kappa shape index (κ1) is 21.0. The van der Waals surface area contributed by atoms with E-state index in [2.05, 4.69) is 6.58 Å². The molecule has 3 heterocycles. The molecule has 0 radical (unpaired) electrons. The van der Waals surface area contributed by atoms with E-state index in [0.29, 0.717) is 12.0 Å². The molecule has 0 aromatic rings. The lowest BCUT2D eigenvalue weighted by atomic mass is 9.75. The Kier molecular flexibility index (Phi) is 5.21. The second-order valence-corrected chi connectivity index (χ2v) is 8.35. The summed E-state index contributed by atoms with van der Waals surface area (Å²) < 4.78 is 16.6. The molecule has 0 aromatic carbocycles. The third-order valence-electron chi connectivity index (χ3n) is 6.24. The Morgan fingerprint density at radius 1 is 1.39 bits per heavy atom. The molecule has 0 saturated carbocycles. The van der Waals surface area contributed by atoms with Gasteiger partial charge >= 0.3 is 11.9 Å². The number of hydrogen-bond acceptors (Lipinski definition) is 8. The number of hydrogen-bond donors (Lipinski definition) is 3. The number of fused-ring (bicyclic) bond motifs is 3. The molecule has 3 aliphatic rings. The zero-order valence-corrected chi connectivity index (χ0v) is 16.5. The molecule has 0 amide bonds. The SMILES string of the molecule is C=C1C(=O)O[C@H]2[C@H]1[C@H](O)[C@]1(O)O[C@@H](C[C@H]1C)C[C@](C)(O)[C@@H]2OC(=O)/C(C)=C\C. The largest absolute Gasteiger partial charge is 0.454 e. The van der Waals surface area contributed by atoms with Gasteiger partial charge in [-0.2, -0.15) is 0 Å². The molecule has 3 saturated heterocycles. The summed E-state index contributed by atoms with van der Waals surface area (Å²) >= 11 is 0. The number of carbonyl (C=O) groups excluding carboxylic acids is 2. The van der Waals surface area contributed by atoms with Crippen molar-refractivity contribution in [1.29, 1.82) is 0 Å². The number of carbonyl (C=O) groups is 2. The third-order valence-corrected chi connectivity index (χ3v) is 6.24. The minimum Gasteiger partial charge on any atom is -0.454 e. The van der Waals surface area contributed by atoms with Crippen LogP contribution in [-0.4, -0.2) is 63.1 Å². The van der Waals surface area contributed by atoms with Gasteiger partial charge in [0.25, 0.3) is 0 Å². The summed E-state index contributed by atoms with van der Waals surface area (Å²) in [6, 6.07) is 0. The van der Waals surface area contributed by atoms with Crippen LogP contribution >= 0.6 is 0 Å². The zero-order valence-electron chi connectivity index (χ0n) is 16.5. The van der Waals surface area contributed by atoms with Crippen LogP contribution in [0.5, 0.6) is 0 Å². The summed E-state index contributed by atoms with van der Waals surface area (Å²) in [6.45, 7) is 10.1. The summed E-state index contributed by atoms with van der Waals surface area (Å²) in [5.41, 5.74) is -1.38. The fraction of sp³-hybridized carbons (Fsp3) is 0.700. The number of aliphatic hydroxyl groups excluding tert-OH is 1. The van der Waals surface area contributed by atoms with E-state index in [-0.39, 0.29) is 12.0 Å². The molecule has 3 rings (SSSR count). The predicted molar refractivity (Wildman–Crippen MR) is 96.7 cm³/mol. The third kappa shape index (κ3) is 3.18. The molecule has 3 aliphatic heterocycles. The molecular weight excluding hydrogens is 368 g/mol. The first-order chi connectivity index (χ1) is 12.9. The lowest BCUT2D eigenvalue weighted by Crippen LogP contribution is -2.57. The average molecular weight is 396 g/mol. The number of rotatable bonds is 2. The lowest BCUT2D eigenvalue weighted by molar-refractivity contribution is -0.272. The normalized spacial score (nSPS) is 46.3. The summed E-state index contributed by atoms with van der Waals surface area (Å²) in [5, 5.41) is 33.2. The maximum absolute atomic E-state index is 12.4. The Morgan fingerprint density at radius 2 is 2.04 bits per heavy atom. The number of aliphatic hydroxyl groups is 3. The Labute approximate surface area is 163 Å². The van der Waals surface area contributed by atoms with Gasteiger partial charge in [0.15, 0.2) is 18.0 Å². The van der Waals surface area contributed by atoms with Crippen LogP contribution in [0.15, 0.2) is 23.8 Å². The van der Waals surface area contributed by atoms with E-state index in [1.807, 2.05) is 0 Å². The summed E-state index contributed by atoms with van der Waals surface area (Å²) in [6.07, 6.45) is -2.64. The standard InChI is InChI=1S/C20H28O8/c1-6-9(2)17(22)27-16-14-13(11(4)18(23)26-14)15(21)20(25)10(3)7-12(28-20)8-19(16,5)24/h6,10,12-16,21,24-25H,4,7-8H2,1-3,5H3/b9-6-/t10-,12+,13+,14+,15+,16-,19+,20-/m1/s1. The van der Waals surface area contributed by atoms with Gasteiger partial charge < -0.3 is 29.5 Å². The molecule has 0 unspecified atom stereocenters. The van der Waals surface area contributed by atoms with E-state index in [4.69, 9.17) is 14.2 Å². The monoisotopic (exact) mass is 396 g/mol. The van der Waals surface area contributed by atoms with Crippen LogP contribution in [0.3, 0.4) is 0 Å². The van der Waals surface area contributed by atoms with Crippen LogP contribution < -0.4 is 0 Å².